The molecule has 0 fully saturated rings. The van der Waals surface area contributed by atoms with E-state index in [-0.39, 0.29) is 11.3 Å². The molecule has 0 saturated carbocycles. The highest BCUT2D eigenvalue weighted by atomic mass is 16.6. The van der Waals surface area contributed by atoms with Crippen molar-refractivity contribution in [3.05, 3.63) is 76.7 Å². The first kappa shape index (κ1) is 14.4. The van der Waals surface area contributed by atoms with Crippen LogP contribution in [0.25, 0.3) is 5.82 Å². The number of nitrogens with one attached hydrogen (secondary N) is 1. The normalized spacial score (nSPS) is 10.3. The maximum absolute atomic E-state index is 12.3. The molecule has 0 aliphatic heterocycles. The number of hydrogen-bond donors (Lipinski definition) is 1. The van der Waals surface area contributed by atoms with Crippen molar-refractivity contribution in [3.8, 4) is 5.82 Å². The molecule has 2 aromatic heterocycles. The van der Waals surface area contributed by atoms with Gasteiger partial charge in [0.15, 0.2) is 5.82 Å². The van der Waals surface area contributed by atoms with Gasteiger partial charge in [-0.3, -0.25) is 14.9 Å². The third-order valence-corrected chi connectivity index (χ3v) is 3.08. The number of anilines is 1. The predicted molar refractivity (Wildman–Crippen MR) is 82.4 cm³/mol. The molecular weight excluding hydrogens is 298 g/mol. The number of nitrogens with zero attached hydrogens (tertiary/aromatic N) is 4. The van der Waals surface area contributed by atoms with Gasteiger partial charge in [0, 0.05) is 36.3 Å². The van der Waals surface area contributed by atoms with Crippen LogP contribution in [-0.4, -0.2) is 25.6 Å². The molecule has 0 saturated heterocycles. The minimum absolute atomic E-state index is 0.142. The van der Waals surface area contributed by atoms with E-state index in [0.29, 0.717) is 11.5 Å². The molecule has 0 radical (unpaired) electrons. The quantitative estimate of drug-likeness (QED) is 0.589. The van der Waals surface area contributed by atoms with Crippen LogP contribution in [0.3, 0.4) is 0 Å². The fourth-order valence-electron chi connectivity index (χ4n) is 2.03. The number of carbonyl (C=O) groups excluding carboxylic acids is 1. The summed E-state index contributed by atoms with van der Waals surface area (Å²) in [5.41, 5.74) is 0.498. The molecule has 0 aliphatic carbocycles. The largest absolute Gasteiger partial charge is 0.319 e. The minimum atomic E-state index is -0.546. The number of nitro groups is 1. The first-order valence-electron chi connectivity index (χ1n) is 6.66. The average molecular weight is 309 g/mol. The van der Waals surface area contributed by atoms with Crippen molar-refractivity contribution in [3.63, 3.8) is 0 Å². The van der Waals surface area contributed by atoms with E-state index < -0.39 is 10.8 Å². The topological polar surface area (TPSA) is 103 Å². The van der Waals surface area contributed by atoms with Gasteiger partial charge in [0.2, 0.25) is 0 Å². The monoisotopic (exact) mass is 309 g/mol. The van der Waals surface area contributed by atoms with Crippen molar-refractivity contribution in [2.24, 2.45) is 0 Å². The summed E-state index contributed by atoms with van der Waals surface area (Å²) in [5, 5.41) is 17.6. The Hall–Kier alpha value is -3.55. The number of hydrogen-bond acceptors (Lipinski definition) is 5. The van der Waals surface area contributed by atoms with E-state index in [4.69, 9.17) is 0 Å². The standard InChI is InChI=1S/C15H11N5O3/c21-15(11-4-1-5-12(10-11)20(22)23)18-13-6-2-7-16-14(13)19-9-3-8-17-19/h1-10H,(H,18,21). The van der Waals surface area contributed by atoms with Crippen LogP contribution in [0, 0.1) is 10.1 Å². The van der Waals surface area contributed by atoms with E-state index in [0.717, 1.165) is 0 Å². The van der Waals surface area contributed by atoms with Gasteiger partial charge in [-0.2, -0.15) is 5.10 Å². The van der Waals surface area contributed by atoms with E-state index in [1.54, 1.807) is 36.8 Å². The Balaban J connectivity index is 1.89. The number of carbonyl (C=O) groups is 1. The Morgan fingerprint density at radius 1 is 1.17 bits per heavy atom. The lowest BCUT2D eigenvalue weighted by molar-refractivity contribution is -0.384. The fourth-order valence-corrected chi connectivity index (χ4v) is 2.03. The molecule has 114 valence electrons. The molecule has 23 heavy (non-hydrogen) atoms. The summed E-state index contributed by atoms with van der Waals surface area (Å²) < 4.78 is 1.52. The SMILES string of the molecule is O=C(Nc1cccnc1-n1cccn1)c1cccc([N+](=O)[O-])c1. The van der Waals surface area contributed by atoms with E-state index >= 15 is 0 Å². The maximum atomic E-state index is 12.3. The van der Waals surface area contributed by atoms with Gasteiger partial charge in [0.05, 0.1) is 10.6 Å². The van der Waals surface area contributed by atoms with E-state index in [9.17, 15) is 14.9 Å². The van der Waals surface area contributed by atoms with Crippen LogP contribution >= 0.6 is 0 Å². The van der Waals surface area contributed by atoms with Gasteiger partial charge in [-0.25, -0.2) is 9.67 Å². The second kappa shape index (κ2) is 6.06. The van der Waals surface area contributed by atoms with Gasteiger partial charge in [-0.1, -0.05) is 6.07 Å². The second-order valence-electron chi connectivity index (χ2n) is 4.59. The molecule has 0 aliphatic rings. The van der Waals surface area contributed by atoms with Crippen molar-refractivity contribution in [2.75, 3.05) is 5.32 Å². The molecule has 8 heteroatoms. The molecule has 3 rings (SSSR count). The third kappa shape index (κ3) is 3.05. The number of pyridine rings is 1. The highest BCUT2D eigenvalue weighted by Crippen LogP contribution is 2.19. The van der Waals surface area contributed by atoms with Crippen LogP contribution < -0.4 is 5.32 Å². The lowest BCUT2D eigenvalue weighted by atomic mass is 10.2. The molecule has 1 N–H and O–H groups in total. The molecule has 1 amide bonds. The van der Waals surface area contributed by atoms with Crippen LogP contribution in [-0.2, 0) is 0 Å². The highest BCUT2D eigenvalue weighted by Gasteiger charge is 2.14. The molecule has 1 aromatic carbocycles. The lowest BCUT2D eigenvalue weighted by Gasteiger charge is -2.09. The number of nitro benzene ring substituents is 1. The summed E-state index contributed by atoms with van der Waals surface area (Å²) in [6.45, 7) is 0. The molecule has 8 nitrogen and oxygen atoms in total. The molecular formula is C15H11N5O3. The average Bonchev–Trinajstić information content (AvgIpc) is 3.09. The van der Waals surface area contributed by atoms with Gasteiger partial charge >= 0.3 is 0 Å². The van der Waals surface area contributed by atoms with E-state index in [2.05, 4.69) is 15.4 Å². The summed E-state index contributed by atoms with van der Waals surface area (Å²) in [5.74, 6) is -0.00798. The van der Waals surface area contributed by atoms with Gasteiger partial charge < -0.3 is 5.32 Å². The molecule has 0 atom stereocenters. The summed E-state index contributed by atoms with van der Waals surface area (Å²) in [6, 6.07) is 10.6. The Kier molecular flexibility index (Phi) is 3.79. The molecule has 0 spiro atoms. The summed E-state index contributed by atoms with van der Waals surface area (Å²) in [6.07, 6.45) is 4.88. The number of benzene rings is 1. The number of non-ortho nitro benzene ring substituents is 1. The number of rotatable bonds is 4. The first-order chi connectivity index (χ1) is 11.1. The van der Waals surface area contributed by atoms with Crippen molar-refractivity contribution in [1.29, 1.82) is 0 Å². The zero-order valence-electron chi connectivity index (χ0n) is 11.8. The smallest absolute Gasteiger partial charge is 0.270 e. The zero-order valence-corrected chi connectivity index (χ0v) is 11.8. The van der Waals surface area contributed by atoms with Crippen molar-refractivity contribution >= 4 is 17.3 Å². The van der Waals surface area contributed by atoms with Crippen LogP contribution in [0.15, 0.2) is 61.1 Å². The Labute approximate surface area is 130 Å². The van der Waals surface area contributed by atoms with E-state index in [1.165, 1.54) is 28.9 Å². The molecule has 3 aromatic rings. The number of amides is 1. The fraction of sp³-hybridized carbons (Fsp3) is 0. The predicted octanol–water partition coefficient (Wildman–Crippen LogP) is 2.43. The lowest BCUT2D eigenvalue weighted by Crippen LogP contribution is -2.14. The van der Waals surface area contributed by atoms with Crippen molar-refractivity contribution < 1.29 is 9.72 Å². The van der Waals surface area contributed by atoms with Crippen molar-refractivity contribution in [2.45, 2.75) is 0 Å². The molecule has 0 unspecified atom stereocenters. The Morgan fingerprint density at radius 2 is 2.04 bits per heavy atom. The van der Waals surface area contributed by atoms with Gasteiger partial charge in [0.1, 0.15) is 0 Å². The molecule has 0 bridgehead atoms. The first-order valence-corrected chi connectivity index (χ1v) is 6.66. The van der Waals surface area contributed by atoms with Gasteiger partial charge in [0.25, 0.3) is 11.6 Å². The van der Waals surface area contributed by atoms with Crippen LogP contribution in [0.5, 0.6) is 0 Å². The maximum Gasteiger partial charge on any atom is 0.270 e. The van der Waals surface area contributed by atoms with Gasteiger partial charge in [-0.05, 0) is 24.3 Å². The summed E-state index contributed by atoms with van der Waals surface area (Å²) >= 11 is 0. The van der Waals surface area contributed by atoms with Crippen LogP contribution in [0.1, 0.15) is 10.4 Å². The van der Waals surface area contributed by atoms with Crippen LogP contribution in [0.4, 0.5) is 11.4 Å². The Morgan fingerprint density at radius 3 is 2.78 bits per heavy atom. The highest BCUT2D eigenvalue weighted by molar-refractivity contribution is 6.05. The minimum Gasteiger partial charge on any atom is -0.319 e. The third-order valence-electron chi connectivity index (χ3n) is 3.08. The molecule has 2 heterocycles. The van der Waals surface area contributed by atoms with E-state index in [1.807, 2.05) is 0 Å². The van der Waals surface area contributed by atoms with Gasteiger partial charge in [-0.15, -0.1) is 0 Å². The second-order valence-corrected chi connectivity index (χ2v) is 4.59. The van der Waals surface area contributed by atoms with Crippen LogP contribution in [0.2, 0.25) is 0 Å². The summed E-state index contributed by atoms with van der Waals surface area (Å²) in [7, 11) is 0. The zero-order chi connectivity index (χ0) is 16.2. The van der Waals surface area contributed by atoms with Crippen molar-refractivity contribution in [1.82, 2.24) is 14.8 Å². The number of aromatic nitrogens is 3. The summed E-state index contributed by atoms with van der Waals surface area (Å²) in [4.78, 5) is 26.8. The Bertz CT molecular complexity index is 861.